The molecule has 1 nitrogen and oxygen atoms in total. The topological polar surface area (TPSA) is 15.8 Å². The first-order chi connectivity index (χ1) is 11.3. The van der Waals surface area contributed by atoms with Crippen LogP contribution in [0.3, 0.4) is 0 Å². The lowest BCUT2D eigenvalue weighted by Crippen LogP contribution is -1.82. The lowest BCUT2D eigenvalue weighted by Gasteiger charge is -2.05. The standard InChI is InChI=1S/C20H14FNS/c21-15-12-10-14(11-13-15)19-20(23-16-6-2-1-3-7-16)17-8-4-5-9-18(17)22-19/h1-13,22H. The Morgan fingerprint density at radius 3 is 2.22 bits per heavy atom. The molecule has 0 bridgehead atoms. The normalized spacial score (nSPS) is 11.0. The van der Waals surface area contributed by atoms with Gasteiger partial charge >= 0.3 is 0 Å². The minimum absolute atomic E-state index is 0.220. The van der Waals surface area contributed by atoms with Crippen LogP contribution in [0, 0.1) is 5.82 Å². The maximum atomic E-state index is 13.2. The summed E-state index contributed by atoms with van der Waals surface area (Å²) in [5.74, 6) is -0.220. The number of H-pyrrole nitrogens is 1. The van der Waals surface area contributed by atoms with Crippen LogP contribution in [0.15, 0.2) is 88.7 Å². The molecular formula is C20H14FNS. The maximum absolute atomic E-state index is 13.2. The van der Waals surface area contributed by atoms with Gasteiger partial charge in [0.15, 0.2) is 0 Å². The number of aromatic amines is 1. The van der Waals surface area contributed by atoms with Gasteiger partial charge in [0.1, 0.15) is 5.82 Å². The molecule has 0 aliphatic carbocycles. The Bertz CT molecular complexity index is 942. The van der Waals surface area contributed by atoms with Gasteiger partial charge in [-0.05, 0) is 48.0 Å². The highest BCUT2D eigenvalue weighted by Gasteiger charge is 2.14. The van der Waals surface area contributed by atoms with Crippen LogP contribution < -0.4 is 0 Å². The van der Waals surface area contributed by atoms with Crippen LogP contribution in [0.4, 0.5) is 4.39 Å². The first-order valence-electron chi connectivity index (χ1n) is 7.41. The number of hydrogen-bond acceptors (Lipinski definition) is 1. The summed E-state index contributed by atoms with van der Waals surface area (Å²) >= 11 is 1.72. The van der Waals surface area contributed by atoms with Crippen LogP contribution in [0.5, 0.6) is 0 Å². The molecule has 112 valence electrons. The van der Waals surface area contributed by atoms with Crippen molar-refractivity contribution in [2.75, 3.05) is 0 Å². The Morgan fingerprint density at radius 2 is 1.43 bits per heavy atom. The summed E-state index contributed by atoms with van der Waals surface area (Å²) in [7, 11) is 0. The van der Waals surface area contributed by atoms with Crippen molar-refractivity contribution in [3.63, 3.8) is 0 Å². The predicted octanol–water partition coefficient (Wildman–Crippen LogP) is 6.13. The summed E-state index contributed by atoms with van der Waals surface area (Å²) in [6.07, 6.45) is 0. The summed E-state index contributed by atoms with van der Waals surface area (Å²) < 4.78 is 13.2. The Kier molecular flexibility index (Phi) is 3.64. The third-order valence-corrected chi connectivity index (χ3v) is 4.89. The van der Waals surface area contributed by atoms with Gasteiger partial charge in [0.2, 0.25) is 0 Å². The summed E-state index contributed by atoms with van der Waals surface area (Å²) in [6.45, 7) is 0. The van der Waals surface area contributed by atoms with Crippen LogP contribution >= 0.6 is 11.8 Å². The lowest BCUT2D eigenvalue weighted by molar-refractivity contribution is 0.628. The van der Waals surface area contributed by atoms with Gasteiger partial charge in [-0.15, -0.1) is 0 Å². The van der Waals surface area contributed by atoms with Crippen molar-refractivity contribution < 1.29 is 4.39 Å². The van der Waals surface area contributed by atoms with E-state index >= 15 is 0 Å². The SMILES string of the molecule is Fc1ccc(-c2[nH]c3ccccc3c2Sc2ccccc2)cc1. The van der Waals surface area contributed by atoms with Crippen molar-refractivity contribution in [3.05, 3.63) is 84.7 Å². The van der Waals surface area contributed by atoms with Crippen LogP contribution in [0.2, 0.25) is 0 Å². The zero-order valence-electron chi connectivity index (χ0n) is 12.3. The zero-order valence-corrected chi connectivity index (χ0v) is 13.1. The van der Waals surface area contributed by atoms with Crippen LogP contribution in [-0.2, 0) is 0 Å². The summed E-state index contributed by atoms with van der Waals surface area (Å²) in [5, 5.41) is 1.18. The summed E-state index contributed by atoms with van der Waals surface area (Å²) in [5.41, 5.74) is 3.10. The van der Waals surface area contributed by atoms with Crippen molar-refractivity contribution in [2.45, 2.75) is 9.79 Å². The smallest absolute Gasteiger partial charge is 0.123 e. The van der Waals surface area contributed by atoms with E-state index in [0.717, 1.165) is 16.8 Å². The Balaban J connectivity index is 1.89. The molecule has 3 heteroatoms. The number of nitrogens with one attached hydrogen (secondary N) is 1. The highest BCUT2D eigenvalue weighted by molar-refractivity contribution is 7.99. The molecule has 0 fully saturated rings. The average molecular weight is 319 g/mol. The molecule has 1 aromatic heterocycles. The van der Waals surface area contributed by atoms with Gasteiger partial charge in [-0.3, -0.25) is 0 Å². The fourth-order valence-electron chi connectivity index (χ4n) is 2.65. The Morgan fingerprint density at radius 1 is 0.739 bits per heavy atom. The fraction of sp³-hybridized carbons (Fsp3) is 0. The lowest BCUT2D eigenvalue weighted by atomic mass is 10.1. The Hall–Kier alpha value is -2.52. The molecule has 0 atom stereocenters. The second-order valence-corrected chi connectivity index (χ2v) is 6.38. The molecule has 0 spiro atoms. The van der Waals surface area contributed by atoms with Crippen molar-refractivity contribution in [1.29, 1.82) is 0 Å². The van der Waals surface area contributed by atoms with Gasteiger partial charge in [-0.2, -0.15) is 0 Å². The molecule has 0 aliphatic rings. The molecular weight excluding hydrogens is 305 g/mol. The van der Waals surface area contributed by atoms with E-state index in [9.17, 15) is 4.39 Å². The number of hydrogen-bond donors (Lipinski definition) is 1. The van der Waals surface area contributed by atoms with Gasteiger partial charge < -0.3 is 4.98 Å². The molecule has 0 saturated heterocycles. The predicted molar refractivity (Wildman–Crippen MR) is 94.3 cm³/mol. The zero-order chi connectivity index (χ0) is 15.6. The van der Waals surface area contributed by atoms with E-state index in [1.54, 1.807) is 11.8 Å². The quantitative estimate of drug-likeness (QED) is 0.480. The van der Waals surface area contributed by atoms with Gasteiger partial charge in [0, 0.05) is 20.7 Å². The van der Waals surface area contributed by atoms with Gasteiger partial charge in [0.25, 0.3) is 0 Å². The monoisotopic (exact) mass is 319 g/mol. The highest BCUT2D eigenvalue weighted by atomic mass is 32.2. The largest absolute Gasteiger partial charge is 0.354 e. The van der Waals surface area contributed by atoms with Crippen molar-refractivity contribution in [2.24, 2.45) is 0 Å². The highest BCUT2D eigenvalue weighted by Crippen LogP contribution is 2.41. The third kappa shape index (κ3) is 2.76. The van der Waals surface area contributed by atoms with E-state index in [2.05, 4.69) is 29.2 Å². The summed E-state index contributed by atoms with van der Waals surface area (Å²) in [4.78, 5) is 5.82. The molecule has 0 saturated carbocycles. The molecule has 0 radical (unpaired) electrons. The van der Waals surface area contributed by atoms with E-state index in [1.807, 2.05) is 42.5 Å². The van der Waals surface area contributed by atoms with Gasteiger partial charge in [0.05, 0.1) is 5.69 Å². The third-order valence-electron chi connectivity index (χ3n) is 3.75. The minimum Gasteiger partial charge on any atom is -0.354 e. The van der Waals surface area contributed by atoms with Crippen molar-refractivity contribution in [1.82, 2.24) is 4.98 Å². The van der Waals surface area contributed by atoms with Gasteiger partial charge in [-0.1, -0.05) is 48.2 Å². The second kappa shape index (κ2) is 5.94. The van der Waals surface area contributed by atoms with E-state index in [0.29, 0.717) is 0 Å². The van der Waals surface area contributed by atoms with E-state index in [1.165, 1.54) is 27.3 Å². The molecule has 0 aliphatic heterocycles. The van der Waals surface area contributed by atoms with E-state index < -0.39 is 0 Å². The first kappa shape index (κ1) is 14.1. The molecule has 23 heavy (non-hydrogen) atoms. The number of fused-ring (bicyclic) bond motifs is 1. The van der Waals surface area contributed by atoms with Crippen molar-refractivity contribution in [3.8, 4) is 11.3 Å². The number of rotatable bonds is 3. The minimum atomic E-state index is -0.220. The van der Waals surface area contributed by atoms with E-state index in [-0.39, 0.29) is 5.82 Å². The van der Waals surface area contributed by atoms with Crippen LogP contribution in [0.1, 0.15) is 0 Å². The molecule has 4 aromatic rings. The van der Waals surface area contributed by atoms with E-state index in [4.69, 9.17) is 0 Å². The number of halogens is 1. The Labute approximate surface area is 138 Å². The van der Waals surface area contributed by atoms with Crippen molar-refractivity contribution >= 4 is 22.7 Å². The molecule has 0 unspecified atom stereocenters. The maximum Gasteiger partial charge on any atom is 0.123 e. The van der Waals surface area contributed by atoms with Crippen LogP contribution in [0.25, 0.3) is 22.2 Å². The second-order valence-electron chi connectivity index (χ2n) is 5.30. The summed E-state index contributed by atoms with van der Waals surface area (Å²) in [6, 6.07) is 25.1. The number of para-hydroxylation sites is 1. The number of benzene rings is 3. The average Bonchev–Trinajstić information content (AvgIpc) is 2.95. The molecule has 4 rings (SSSR count). The first-order valence-corrected chi connectivity index (χ1v) is 8.22. The molecule has 3 aromatic carbocycles. The molecule has 1 heterocycles. The van der Waals surface area contributed by atoms with Gasteiger partial charge in [-0.25, -0.2) is 4.39 Å². The number of aromatic nitrogens is 1. The van der Waals surface area contributed by atoms with Crippen LogP contribution in [-0.4, -0.2) is 4.98 Å². The molecule has 0 amide bonds. The fourth-order valence-corrected chi connectivity index (χ4v) is 3.74. The molecule has 1 N–H and O–H groups in total.